The van der Waals surface area contributed by atoms with Gasteiger partial charge in [0.1, 0.15) is 0 Å². The maximum atomic E-state index is 9.97. The van der Waals surface area contributed by atoms with Crippen molar-refractivity contribution in [2.45, 2.75) is 53.1 Å². The highest BCUT2D eigenvalue weighted by Crippen LogP contribution is 2.13. The van der Waals surface area contributed by atoms with Gasteiger partial charge in [0.05, 0.1) is 5.60 Å². The van der Waals surface area contributed by atoms with Crippen molar-refractivity contribution in [3.63, 3.8) is 0 Å². The molecule has 0 aliphatic carbocycles. The first-order valence-electron chi connectivity index (χ1n) is 5.89. The summed E-state index contributed by atoms with van der Waals surface area (Å²) in [5, 5.41) is 9.97. The molecule has 86 valence electrons. The second kappa shape index (κ2) is 6.41. The average molecular weight is 201 g/mol. The maximum Gasteiger partial charge on any atom is 0.0743 e. The van der Waals surface area contributed by atoms with Crippen molar-refractivity contribution in [1.82, 2.24) is 4.90 Å². The van der Waals surface area contributed by atoms with Crippen LogP contribution in [0.4, 0.5) is 0 Å². The summed E-state index contributed by atoms with van der Waals surface area (Å²) >= 11 is 0. The monoisotopic (exact) mass is 201 g/mol. The highest BCUT2D eigenvalue weighted by Gasteiger charge is 2.21. The van der Waals surface area contributed by atoms with Crippen LogP contribution in [0.1, 0.15) is 47.5 Å². The summed E-state index contributed by atoms with van der Waals surface area (Å²) in [7, 11) is 0. The van der Waals surface area contributed by atoms with Crippen LogP contribution in [0.15, 0.2) is 0 Å². The second-order valence-electron chi connectivity index (χ2n) is 4.69. The molecule has 2 heteroatoms. The fourth-order valence-electron chi connectivity index (χ4n) is 1.47. The first-order chi connectivity index (χ1) is 6.45. The van der Waals surface area contributed by atoms with Crippen molar-refractivity contribution in [3.05, 3.63) is 0 Å². The van der Waals surface area contributed by atoms with E-state index in [4.69, 9.17) is 0 Å². The van der Waals surface area contributed by atoms with Gasteiger partial charge >= 0.3 is 0 Å². The van der Waals surface area contributed by atoms with Crippen molar-refractivity contribution in [3.8, 4) is 0 Å². The molecule has 0 aliphatic heterocycles. The fourth-order valence-corrected chi connectivity index (χ4v) is 1.47. The Labute approximate surface area is 89.3 Å². The predicted octanol–water partition coefficient (Wildman–Crippen LogP) is 2.52. The predicted molar refractivity (Wildman–Crippen MR) is 62.5 cm³/mol. The van der Waals surface area contributed by atoms with E-state index in [2.05, 4.69) is 25.7 Å². The summed E-state index contributed by atoms with van der Waals surface area (Å²) < 4.78 is 0. The molecular weight excluding hydrogens is 174 g/mol. The Bertz CT molecular complexity index is 145. The standard InChI is InChI=1S/C12H27NO/c1-6-11(4)9-13(8-3)10-12(5,14)7-2/h11,14H,6-10H2,1-5H3. The lowest BCUT2D eigenvalue weighted by Gasteiger charge is -2.31. The van der Waals surface area contributed by atoms with Crippen molar-refractivity contribution in [2.24, 2.45) is 5.92 Å². The molecule has 0 aromatic rings. The van der Waals surface area contributed by atoms with Gasteiger partial charge in [0, 0.05) is 13.1 Å². The maximum absolute atomic E-state index is 9.97. The van der Waals surface area contributed by atoms with Crippen LogP contribution < -0.4 is 0 Å². The highest BCUT2D eigenvalue weighted by molar-refractivity contribution is 4.76. The summed E-state index contributed by atoms with van der Waals surface area (Å²) in [5.74, 6) is 0.725. The molecule has 2 nitrogen and oxygen atoms in total. The van der Waals surface area contributed by atoms with Crippen LogP contribution in [0.25, 0.3) is 0 Å². The Kier molecular flexibility index (Phi) is 6.38. The summed E-state index contributed by atoms with van der Waals surface area (Å²) in [6, 6.07) is 0. The van der Waals surface area contributed by atoms with Gasteiger partial charge in [0.2, 0.25) is 0 Å². The Hall–Kier alpha value is -0.0800. The summed E-state index contributed by atoms with van der Waals surface area (Å²) in [5.41, 5.74) is -0.524. The van der Waals surface area contributed by atoms with Crippen molar-refractivity contribution < 1.29 is 5.11 Å². The van der Waals surface area contributed by atoms with Gasteiger partial charge in [-0.2, -0.15) is 0 Å². The molecule has 0 saturated carbocycles. The average Bonchev–Trinajstić information content (AvgIpc) is 2.16. The van der Waals surface area contributed by atoms with Gasteiger partial charge in [-0.3, -0.25) is 0 Å². The van der Waals surface area contributed by atoms with E-state index in [1.54, 1.807) is 0 Å². The number of hydrogen-bond donors (Lipinski definition) is 1. The molecule has 0 aliphatic rings. The van der Waals surface area contributed by atoms with Crippen LogP contribution in [0, 0.1) is 5.92 Å². The Balaban J connectivity index is 4.02. The van der Waals surface area contributed by atoms with Gasteiger partial charge in [-0.05, 0) is 25.8 Å². The number of rotatable bonds is 7. The lowest BCUT2D eigenvalue weighted by Crippen LogP contribution is -2.42. The van der Waals surface area contributed by atoms with E-state index in [1.807, 2.05) is 13.8 Å². The molecule has 0 heterocycles. The van der Waals surface area contributed by atoms with Crippen LogP contribution in [0.5, 0.6) is 0 Å². The smallest absolute Gasteiger partial charge is 0.0743 e. The molecule has 0 aromatic heterocycles. The minimum atomic E-state index is -0.524. The molecule has 2 unspecified atom stereocenters. The molecule has 1 N–H and O–H groups in total. The first kappa shape index (κ1) is 13.9. The Morgan fingerprint density at radius 2 is 1.86 bits per heavy atom. The molecule has 0 fully saturated rings. The lowest BCUT2D eigenvalue weighted by atomic mass is 10.0. The van der Waals surface area contributed by atoms with E-state index in [9.17, 15) is 5.11 Å². The number of nitrogens with zero attached hydrogens (tertiary/aromatic N) is 1. The lowest BCUT2D eigenvalue weighted by molar-refractivity contribution is 0.0141. The summed E-state index contributed by atoms with van der Waals surface area (Å²) in [6.45, 7) is 13.5. The minimum Gasteiger partial charge on any atom is -0.389 e. The zero-order valence-corrected chi connectivity index (χ0v) is 10.5. The van der Waals surface area contributed by atoms with E-state index < -0.39 is 5.60 Å². The van der Waals surface area contributed by atoms with E-state index in [-0.39, 0.29) is 0 Å². The van der Waals surface area contributed by atoms with Crippen LogP contribution in [0.2, 0.25) is 0 Å². The number of likely N-dealkylation sites (N-methyl/N-ethyl adjacent to an activating group) is 1. The Morgan fingerprint density at radius 1 is 1.29 bits per heavy atom. The van der Waals surface area contributed by atoms with Gasteiger partial charge in [-0.25, -0.2) is 0 Å². The second-order valence-corrected chi connectivity index (χ2v) is 4.69. The quantitative estimate of drug-likeness (QED) is 0.684. The highest BCUT2D eigenvalue weighted by atomic mass is 16.3. The molecule has 0 radical (unpaired) electrons. The van der Waals surface area contributed by atoms with Crippen molar-refractivity contribution in [2.75, 3.05) is 19.6 Å². The molecule has 0 aromatic carbocycles. The number of aliphatic hydroxyl groups is 1. The normalized spacial score (nSPS) is 18.2. The van der Waals surface area contributed by atoms with Gasteiger partial charge in [-0.1, -0.05) is 34.1 Å². The summed E-state index contributed by atoms with van der Waals surface area (Å²) in [6.07, 6.45) is 2.04. The largest absolute Gasteiger partial charge is 0.389 e. The zero-order chi connectivity index (χ0) is 11.2. The van der Waals surface area contributed by atoms with Crippen LogP contribution in [-0.2, 0) is 0 Å². The van der Waals surface area contributed by atoms with Gasteiger partial charge in [0.25, 0.3) is 0 Å². The topological polar surface area (TPSA) is 23.5 Å². The minimum absolute atomic E-state index is 0.524. The molecule has 0 spiro atoms. The molecule has 2 atom stereocenters. The SMILES string of the molecule is CCC(C)CN(CC)CC(C)(O)CC. The van der Waals surface area contributed by atoms with E-state index in [1.165, 1.54) is 6.42 Å². The van der Waals surface area contributed by atoms with Gasteiger partial charge in [-0.15, -0.1) is 0 Å². The molecule has 0 amide bonds. The van der Waals surface area contributed by atoms with E-state index in [0.29, 0.717) is 0 Å². The van der Waals surface area contributed by atoms with Crippen molar-refractivity contribution in [1.29, 1.82) is 0 Å². The van der Waals surface area contributed by atoms with E-state index in [0.717, 1.165) is 32.0 Å². The van der Waals surface area contributed by atoms with Crippen LogP contribution in [-0.4, -0.2) is 35.2 Å². The van der Waals surface area contributed by atoms with E-state index >= 15 is 0 Å². The molecule has 0 rings (SSSR count). The van der Waals surface area contributed by atoms with Crippen LogP contribution in [0.3, 0.4) is 0 Å². The number of hydrogen-bond acceptors (Lipinski definition) is 2. The third-order valence-electron chi connectivity index (χ3n) is 3.04. The first-order valence-corrected chi connectivity index (χ1v) is 5.89. The molecule has 0 bridgehead atoms. The zero-order valence-electron chi connectivity index (χ0n) is 10.5. The molecule has 14 heavy (non-hydrogen) atoms. The third-order valence-corrected chi connectivity index (χ3v) is 3.04. The molecule has 0 saturated heterocycles. The summed E-state index contributed by atoms with van der Waals surface area (Å²) in [4.78, 5) is 2.34. The van der Waals surface area contributed by atoms with Gasteiger partial charge in [0.15, 0.2) is 0 Å². The van der Waals surface area contributed by atoms with Gasteiger partial charge < -0.3 is 10.0 Å². The van der Waals surface area contributed by atoms with Crippen molar-refractivity contribution >= 4 is 0 Å². The fraction of sp³-hybridized carbons (Fsp3) is 1.00. The molecular formula is C12H27NO. The Morgan fingerprint density at radius 3 is 2.21 bits per heavy atom. The van der Waals surface area contributed by atoms with Crippen LogP contribution >= 0.6 is 0 Å². The third kappa shape index (κ3) is 5.61.